The van der Waals surface area contributed by atoms with Crippen molar-refractivity contribution in [2.45, 2.75) is 10.6 Å². The molecular formula is C17H20N2O4S2. The molecule has 0 aliphatic carbocycles. The van der Waals surface area contributed by atoms with Gasteiger partial charge in [-0.25, -0.2) is 8.42 Å². The highest BCUT2D eigenvalue weighted by Crippen LogP contribution is 2.15. The molecule has 134 valence electrons. The van der Waals surface area contributed by atoms with E-state index < -0.39 is 26.7 Å². The fourth-order valence-corrected chi connectivity index (χ4v) is 4.03. The first-order valence-corrected chi connectivity index (χ1v) is 10.7. The molecule has 1 amide bonds. The molecule has 1 unspecified atom stereocenters. The smallest absolute Gasteiger partial charge is 0.243 e. The van der Waals surface area contributed by atoms with E-state index in [1.165, 1.54) is 19.2 Å². The first-order chi connectivity index (χ1) is 11.8. The molecule has 0 fully saturated rings. The minimum atomic E-state index is -3.72. The molecule has 1 atom stereocenters. The summed E-state index contributed by atoms with van der Waals surface area (Å²) in [4.78, 5) is 12.3. The van der Waals surface area contributed by atoms with E-state index >= 15 is 0 Å². The van der Waals surface area contributed by atoms with Crippen molar-refractivity contribution in [3.63, 3.8) is 0 Å². The van der Waals surface area contributed by atoms with Crippen LogP contribution in [0.4, 0.5) is 5.69 Å². The highest BCUT2D eigenvalue weighted by molar-refractivity contribution is 7.89. The van der Waals surface area contributed by atoms with Gasteiger partial charge in [0.15, 0.2) is 0 Å². The number of amides is 1. The van der Waals surface area contributed by atoms with Gasteiger partial charge in [0.05, 0.1) is 11.4 Å². The molecule has 2 aromatic rings. The van der Waals surface area contributed by atoms with Crippen LogP contribution in [0.3, 0.4) is 0 Å². The quantitative estimate of drug-likeness (QED) is 0.794. The van der Waals surface area contributed by atoms with Crippen LogP contribution in [0.15, 0.2) is 59.5 Å². The van der Waals surface area contributed by atoms with Crippen molar-refractivity contribution in [3.8, 4) is 0 Å². The number of rotatable bonds is 7. The van der Waals surface area contributed by atoms with Crippen molar-refractivity contribution in [1.82, 2.24) is 4.31 Å². The van der Waals surface area contributed by atoms with E-state index in [-0.39, 0.29) is 11.4 Å². The van der Waals surface area contributed by atoms with Gasteiger partial charge < -0.3 is 5.32 Å². The summed E-state index contributed by atoms with van der Waals surface area (Å²) in [6.07, 6.45) is 1.61. The zero-order valence-corrected chi connectivity index (χ0v) is 15.6. The van der Waals surface area contributed by atoms with Gasteiger partial charge in [0, 0.05) is 35.5 Å². The predicted molar refractivity (Wildman–Crippen MR) is 99.1 cm³/mol. The molecule has 0 aromatic heterocycles. The Labute approximate surface area is 150 Å². The second-order valence-electron chi connectivity index (χ2n) is 5.54. The molecule has 1 N–H and O–H groups in total. The van der Waals surface area contributed by atoms with Gasteiger partial charge in [-0.15, -0.1) is 0 Å². The van der Waals surface area contributed by atoms with Crippen LogP contribution in [0.1, 0.15) is 5.56 Å². The summed E-state index contributed by atoms with van der Waals surface area (Å²) in [7, 11) is -3.34. The number of sulfonamides is 1. The van der Waals surface area contributed by atoms with Gasteiger partial charge in [0.25, 0.3) is 0 Å². The van der Waals surface area contributed by atoms with Crippen molar-refractivity contribution in [3.05, 3.63) is 60.2 Å². The van der Waals surface area contributed by atoms with Gasteiger partial charge in [0.2, 0.25) is 15.9 Å². The van der Waals surface area contributed by atoms with Gasteiger partial charge in [-0.05, 0) is 29.8 Å². The third kappa shape index (κ3) is 5.48. The Kier molecular flexibility index (Phi) is 6.46. The molecule has 0 saturated heterocycles. The van der Waals surface area contributed by atoms with Crippen LogP contribution in [-0.4, -0.2) is 42.7 Å². The summed E-state index contributed by atoms with van der Waals surface area (Å²) in [6.45, 7) is -0.304. The molecule has 0 spiro atoms. The van der Waals surface area contributed by atoms with Crippen LogP contribution in [0.5, 0.6) is 0 Å². The SMILES string of the molecule is CN(CC(=O)Nc1cccc(CS(C)=O)c1)S(=O)(=O)c1ccccc1. The second kappa shape index (κ2) is 8.37. The summed E-state index contributed by atoms with van der Waals surface area (Å²) < 4.78 is 37.1. The Hall–Kier alpha value is -2.03. The summed E-state index contributed by atoms with van der Waals surface area (Å²) >= 11 is 0. The van der Waals surface area contributed by atoms with Crippen molar-refractivity contribution in [2.75, 3.05) is 25.2 Å². The highest BCUT2D eigenvalue weighted by Gasteiger charge is 2.22. The Balaban J connectivity index is 2.04. The number of anilines is 1. The number of likely N-dealkylation sites (N-methyl/N-ethyl adjacent to an activating group) is 1. The molecule has 0 radical (unpaired) electrons. The lowest BCUT2D eigenvalue weighted by atomic mass is 10.2. The van der Waals surface area contributed by atoms with Gasteiger partial charge >= 0.3 is 0 Å². The normalized spacial score (nSPS) is 12.8. The molecule has 0 heterocycles. The van der Waals surface area contributed by atoms with Crippen LogP contribution in [0.25, 0.3) is 0 Å². The standard InChI is InChI=1S/C17H20N2O4S2/c1-19(25(22,23)16-9-4-3-5-10-16)12-17(20)18-15-8-6-7-14(11-15)13-24(2)21/h3-11H,12-13H2,1-2H3,(H,18,20). The maximum atomic E-state index is 12.4. The van der Waals surface area contributed by atoms with E-state index in [9.17, 15) is 17.4 Å². The summed E-state index contributed by atoms with van der Waals surface area (Å²) in [5.74, 6) is -0.0526. The zero-order valence-electron chi connectivity index (χ0n) is 14.0. The molecule has 0 bridgehead atoms. The number of carbonyl (C=O) groups excluding carboxylic acids is 1. The minimum Gasteiger partial charge on any atom is -0.325 e. The molecule has 2 aromatic carbocycles. The lowest BCUT2D eigenvalue weighted by Gasteiger charge is -2.17. The Morgan fingerprint density at radius 3 is 2.44 bits per heavy atom. The molecule has 0 saturated carbocycles. The number of hydrogen-bond donors (Lipinski definition) is 1. The lowest BCUT2D eigenvalue weighted by Crippen LogP contribution is -2.34. The van der Waals surface area contributed by atoms with E-state index in [0.29, 0.717) is 11.4 Å². The van der Waals surface area contributed by atoms with E-state index in [1.54, 1.807) is 42.7 Å². The fraction of sp³-hybridized carbons (Fsp3) is 0.235. The number of nitrogens with zero attached hydrogens (tertiary/aromatic N) is 1. The first kappa shape index (κ1) is 19.3. The van der Waals surface area contributed by atoms with Crippen molar-refractivity contribution >= 4 is 32.4 Å². The van der Waals surface area contributed by atoms with Gasteiger partial charge in [0.1, 0.15) is 0 Å². The van der Waals surface area contributed by atoms with Crippen LogP contribution >= 0.6 is 0 Å². The Bertz CT molecular complexity index is 867. The average molecular weight is 380 g/mol. The minimum absolute atomic E-state index is 0.137. The lowest BCUT2D eigenvalue weighted by molar-refractivity contribution is -0.116. The highest BCUT2D eigenvalue weighted by atomic mass is 32.2. The topological polar surface area (TPSA) is 83.6 Å². The van der Waals surface area contributed by atoms with Crippen LogP contribution in [0, 0.1) is 0 Å². The second-order valence-corrected chi connectivity index (χ2v) is 9.02. The number of carbonyl (C=O) groups is 1. The summed E-state index contributed by atoms with van der Waals surface area (Å²) in [5.41, 5.74) is 1.38. The third-order valence-corrected chi connectivity index (χ3v) is 5.96. The van der Waals surface area contributed by atoms with Crippen LogP contribution < -0.4 is 5.32 Å². The largest absolute Gasteiger partial charge is 0.325 e. The first-order valence-electron chi connectivity index (χ1n) is 7.49. The van der Waals surface area contributed by atoms with E-state index in [4.69, 9.17) is 0 Å². The molecule has 6 nitrogen and oxygen atoms in total. The molecular weight excluding hydrogens is 360 g/mol. The Morgan fingerprint density at radius 2 is 1.80 bits per heavy atom. The van der Waals surface area contributed by atoms with Crippen molar-refractivity contribution < 1.29 is 17.4 Å². The van der Waals surface area contributed by atoms with Crippen molar-refractivity contribution in [1.29, 1.82) is 0 Å². The van der Waals surface area contributed by atoms with Crippen molar-refractivity contribution in [2.24, 2.45) is 0 Å². The van der Waals surface area contributed by atoms with Gasteiger partial charge in [-0.1, -0.05) is 30.3 Å². The molecule has 2 rings (SSSR count). The summed E-state index contributed by atoms with van der Waals surface area (Å²) in [5, 5.41) is 2.67. The third-order valence-electron chi connectivity index (χ3n) is 3.40. The fourth-order valence-electron chi connectivity index (χ4n) is 2.23. The molecule has 0 aliphatic rings. The van der Waals surface area contributed by atoms with Gasteiger partial charge in [-0.2, -0.15) is 4.31 Å². The van der Waals surface area contributed by atoms with E-state index in [2.05, 4.69) is 5.32 Å². The number of nitrogens with one attached hydrogen (secondary N) is 1. The molecule has 8 heteroatoms. The monoisotopic (exact) mass is 380 g/mol. The number of hydrogen-bond acceptors (Lipinski definition) is 4. The predicted octanol–water partition coefficient (Wildman–Crippen LogP) is 1.82. The van der Waals surface area contributed by atoms with E-state index in [1.807, 2.05) is 6.07 Å². The van der Waals surface area contributed by atoms with Crippen LogP contribution in [-0.2, 0) is 31.4 Å². The number of benzene rings is 2. The summed E-state index contributed by atoms with van der Waals surface area (Å²) in [6, 6.07) is 15.0. The Morgan fingerprint density at radius 1 is 1.12 bits per heavy atom. The van der Waals surface area contributed by atoms with Gasteiger partial charge in [-0.3, -0.25) is 9.00 Å². The molecule has 0 aliphatic heterocycles. The average Bonchev–Trinajstić information content (AvgIpc) is 2.55. The zero-order chi connectivity index (χ0) is 18.4. The van der Waals surface area contributed by atoms with Crippen LogP contribution in [0.2, 0.25) is 0 Å². The van der Waals surface area contributed by atoms with E-state index in [0.717, 1.165) is 9.87 Å². The molecule has 25 heavy (non-hydrogen) atoms. The maximum Gasteiger partial charge on any atom is 0.243 e. The maximum absolute atomic E-state index is 12.4.